The molecule has 1 aromatic carbocycles. The van der Waals surface area contributed by atoms with Gasteiger partial charge in [-0.15, -0.1) is 0 Å². The fourth-order valence-corrected chi connectivity index (χ4v) is 3.25. The van der Waals surface area contributed by atoms with Gasteiger partial charge >= 0.3 is 0 Å². The van der Waals surface area contributed by atoms with Gasteiger partial charge in [-0.25, -0.2) is 0 Å². The lowest BCUT2D eigenvalue weighted by Crippen LogP contribution is -2.54. The van der Waals surface area contributed by atoms with Crippen LogP contribution in [-0.2, 0) is 4.79 Å². The van der Waals surface area contributed by atoms with Gasteiger partial charge in [-0.2, -0.15) is 0 Å². The molecule has 1 aliphatic rings. The highest BCUT2D eigenvalue weighted by atomic mass is 79.9. The van der Waals surface area contributed by atoms with E-state index in [1.54, 1.807) is 0 Å². The Kier molecular flexibility index (Phi) is 6.26. The summed E-state index contributed by atoms with van der Waals surface area (Å²) in [6.45, 7) is 0.758. The molecule has 0 saturated heterocycles. The molecular formula is C17H25BrN2O2. The number of benzene rings is 1. The molecule has 22 heavy (non-hydrogen) atoms. The lowest BCUT2D eigenvalue weighted by molar-refractivity contribution is -0.123. The SMILES string of the molecule is CN(C)C1(CNC(=O)COc2ccc(Br)cc2)CCCCC1. The molecule has 1 aliphatic carbocycles. The third kappa shape index (κ3) is 4.71. The average Bonchev–Trinajstić information content (AvgIpc) is 2.53. The number of carbonyl (C=O) groups excluding carboxylic acids is 1. The van der Waals surface area contributed by atoms with Crippen LogP contribution in [0.2, 0.25) is 0 Å². The third-order valence-corrected chi connectivity index (χ3v) is 5.06. The second-order valence-corrected chi connectivity index (χ2v) is 7.11. The minimum absolute atomic E-state index is 0.0604. The second kappa shape index (κ2) is 7.97. The Hall–Kier alpha value is -1.07. The van der Waals surface area contributed by atoms with E-state index in [1.165, 1.54) is 19.3 Å². The molecule has 0 aliphatic heterocycles. The third-order valence-electron chi connectivity index (χ3n) is 4.53. The number of nitrogens with one attached hydrogen (secondary N) is 1. The topological polar surface area (TPSA) is 41.6 Å². The van der Waals surface area contributed by atoms with E-state index >= 15 is 0 Å². The minimum Gasteiger partial charge on any atom is -0.484 e. The van der Waals surface area contributed by atoms with Crippen LogP contribution in [0.5, 0.6) is 5.75 Å². The fourth-order valence-electron chi connectivity index (χ4n) is 2.99. The van der Waals surface area contributed by atoms with E-state index in [0.29, 0.717) is 12.3 Å². The van der Waals surface area contributed by atoms with Gasteiger partial charge < -0.3 is 15.0 Å². The van der Waals surface area contributed by atoms with Crippen molar-refractivity contribution in [3.63, 3.8) is 0 Å². The van der Waals surface area contributed by atoms with Crippen LogP contribution in [0.4, 0.5) is 0 Å². The number of amides is 1. The summed E-state index contributed by atoms with van der Waals surface area (Å²) in [4.78, 5) is 14.3. The summed E-state index contributed by atoms with van der Waals surface area (Å²) in [6, 6.07) is 7.49. The first-order valence-electron chi connectivity index (χ1n) is 7.84. The van der Waals surface area contributed by atoms with Crippen LogP contribution in [-0.4, -0.2) is 43.6 Å². The van der Waals surface area contributed by atoms with Gasteiger partial charge in [0.05, 0.1) is 0 Å². The van der Waals surface area contributed by atoms with Crippen molar-refractivity contribution < 1.29 is 9.53 Å². The van der Waals surface area contributed by atoms with E-state index in [2.05, 4.69) is 40.2 Å². The molecule has 1 amide bonds. The highest BCUT2D eigenvalue weighted by Gasteiger charge is 2.34. The first-order chi connectivity index (χ1) is 10.5. The first kappa shape index (κ1) is 17.3. The van der Waals surface area contributed by atoms with Crippen molar-refractivity contribution in [1.29, 1.82) is 0 Å². The molecule has 0 aromatic heterocycles. The van der Waals surface area contributed by atoms with E-state index in [9.17, 15) is 4.79 Å². The number of hydrogen-bond donors (Lipinski definition) is 1. The average molecular weight is 369 g/mol. The van der Waals surface area contributed by atoms with Gasteiger partial charge in [0.15, 0.2) is 6.61 Å². The van der Waals surface area contributed by atoms with Crippen LogP contribution in [0, 0.1) is 0 Å². The summed E-state index contributed by atoms with van der Waals surface area (Å²) < 4.78 is 6.50. The Morgan fingerprint density at radius 3 is 2.45 bits per heavy atom. The van der Waals surface area contributed by atoms with E-state index in [4.69, 9.17) is 4.74 Å². The molecule has 5 heteroatoms. The number of ether oxygens (including phenoxy) is 1. The van der Waals surface area contributed by atoms with Crippen LogP contribution in [0.1, 0.15) is 32.1 Å². The molecule has 0 atom stereocenters. The van der Waals surface area contributed by atoms with Gasteiger partial charge in [-0.05, 0) is 51.2 Å². The quantitative estimate of drug-likeness (QED) is 0.837. The lowest BCUT2D eigenvalue weighted by Gasteiger charge is -2.43. The zero-order valence-electron chi connectivity index (χ0n) is 13.4. The summed E-state index contributed by atoms with van der Waals surface area (Å²) in [5.74, 6) is 0.646. The fraction of sp³-hybridized carbons (Fsp3) is 0.588. The highest BCUT2D eigenvalue weighted by molar-refractivity contribution is 9.10. The standard InChI is InChI=1S/C17H25BrN2O2/c1-20(2)17(10-4-3-5-11-17)13-19-16(21)12-22-15-8-6-14(18)7-9-15/h6-9H,3-5,10-13H2,1-2H3,(H,19,21). The summed E-state index contributed by atoms with van der Waals surface area (Å²) >= 11 is 3.37. The molecule has 1 saturated carbocycles. The maximum atomic E-state index is 12.0. The molecule has 1 aromatic rings. The molecular weight excluding hydrogens is 344 g/mol. The normalized spacial score (nSPS) is 17.3. The molecule has 0 bridgehead atoms. The van der Waals surface area contributed by atoms with Crippen molar-refractivity contribution in [3.8, 4) is 5.75 Å². The molecule has 0 unspecified atom stereocenters. The van der Waals surface area contributed by atoms with Crippen LogP contribution in [0.15, 0.2) is 28.7 Å². The Morgan fingerprint density at radius 2 is 1.86 bits per heavy atom. The van der Waals surface area contributed by atoms with Gasteiger partial charge in [0.1, 0.15) is 5.75 Å². The largest absolute Gasteiger partial charge is 0.484 e. The zero-order valence-corrected chi connectivity index (χ0v) is 15.0. The summed E-state index contributed by atoms with van der Waals surface area (Å²) in [7, 11) is 4.21. The maximum Gasteiger partial charge on any atom is 0.258 e. The Morgan fingerprint density at radius 1 is 1.23 bits per heavy atom. The predicted octanol–water partition coefficient (Wildman–Crippen LogP) is 3.21. The van der Waals surface area contributed by atoms with E-state index in [0.717, 1.165) is 17.3 Å². The van der Waals surface area contributed by atoms with Crippen molar-refractivity contribution >= 4 is 21.8 Å². The summed E-state index contributed by atoms with van der Waals surface area (Å²) in [5, 5.41) is 3.04. The van der Waals surface area contributed by atoms with Crippen molar-refractivity contribution in [2.24, 2.45) is 0 Å². The van der Waals surface area contributed by atoms with Crippen molar-refractivity contribution in [2.45, 2.75) is 37.6 Å². The van der Waals surface area contributed by atoms with Gasteiger partial charge in [0, 0.05) is 16.6 Å². The molecule has 1 fully saturated rings. The van der Waals surface area contributed by atoms with Gasteiger partial charge in [-0.3, -0.25) is 4.79 Å². The van der Waals surface area contributed by atoms with Gasteiger partial charge in [0.25, 0.3) is 5.91 Å². The summed E-state index contributed by atoms with van der Waals surface area (Å²) in [5.41, 5.74) is 0.103. The zero-order chi connectivity index (χ0) is 16.0. The van der Waals surface area contributed by atoms with E-state index < -0.39 is 0 Å². The lowest BCUT2D eigenvalue weighted by atomic mass is 9.80. The number of carbonyl (C=O) groups is 1. The van der Waals surface area contributed by atoms with Gasteiger partial charge in [-0.1, -0.05) is 35.2 Å². The molecule has 2 rings (SSSR count). The molecule has 0 radical (unpaired) electrons. The smallest absolute Gasteiger partial charge is 0.258 e. The molecule has 1 N–H and O–H groups in total. The van der Waals surface area contributed by atoms with Crippen LogP contribution in [0.25, 0.3) is 0 Å². The Bertz CT molecular complexity index is 482. The van der Waals surface area contributed by atoms with Crippen LogP contribution >= 0.6 is 15.9 Å². The van der Waals surface area contributed by atoms with Crippen LogP contribution in [0.3, 0.4) is 0 Å². The van der Waals surface area contributed by atoms with Crippen molar-refractivity contribution in [3.05, 3.63) is 28.7 Å². The molecule has 122 valence electrons. The number of rotatable bonds is 6. The van der Waals surface area contributed by atoms with Crippen LogP contribution < -0.4 is 10.1 Å². The minimum atomic E-state index is -0.0604. The second-order valence-electron chi connectivity index (χ2n) is 6.20. The number of nitrogens with zero attached hydrogens (tertiary/aromatic N) is 1. The van der Waals surface area contributed by atoms with E-state index in [1.807, 2.05) is 24.3 Å². The molecule has 4 nitrogen and oxygen atoms in total. The molecule has 0 heterocycles. The van der Waals surface area contributed by atoms with E-state index in [-0.39, 0.29) is 18.1 Å². The Balaban J connectivity index is 1.80. The van der Waals surface area contributed by atoms with Crippen molar-refractivity contribution in [2.75, 3.05) is 27.2 Å². The summed E-state index contributed by atoms with van der Waals surface area (Å²) in [6.07, 6.45) is 6.07. The highest BCUT2D eigenvalue weighted by Crippen LogP contribution is 2.31. The number of halogens is 1. The predicted molar refractivity (Wildman–Crippen MR) is 92.1 cm³/mol. The number of likely N-dealkylation sites (N-methyl/N-ethyl adjacent to an activating group) is 1. The monoisotopic (exact) mass is 368 g/mol. The maximum absolute atomic E-state index is 12.0. The van der Waals surface area contributed by atoms with Crippen molar-refractivity contribution in [1.82, 2.24) is 10.2 Å². The van der Waals surface area contributed by atoms with Gasteiger partial charge in [0.2, 0.25) is 0 Å². The first-order valence-corrected chi connectivity index (χ1v) is 8.64. The Labute approximate surface area is 141 Å². The molecule has 0 spiro atoms. The number of hydrogen-bond acceptors (Lipinski definition) is 3.